The molecule has 4 heteroatoms. The molecule has 1 aliphatic heterocycles. The maximum atomic E-state index is 11.9. The van der Waals surface area contributed by atoms with E-state index in [-0.39, 0.29) is 5.91 Å². The zero-order valence-corrected chi connectivity index (χ0v) is 10.5. The van der Waals surface area contributed by atoms with E-state index >= 15 is 0 Å². The lowest BCUT2D eigenvalue weighted by Gasteiger charge is -1.98. The van der Waals surface area contributed by atoms with Crippen LogP contribution in [0.5, 0.6) is 0 Å². The van der Waals surface area contributed by atoms with E-state index in [1.807, 2.05) is 48.5 Å². The Labute approximate surface area is 108 Å². The van der Waals surface area contributed by atoms with E-state index in [1.165, 1.54) is 0 Å². The number of aliphatic imine (C=N–C) groups is 1. The highest BCUT2D eigenvalue weighted by atomic mass is 28.1. The third kappa shape index (κ3) is 1.87. The summed E-state index contributed by atoms with van der Waals surface area (Å²) >= 11 is 0. The fraction of sp³-hybridized carbons (Fsp3) is 0. The highest BCUT2D eigenvalue weighted by Gasteiger charge is 2.25. The first-order valence-electron chi connectivity index (χ1n) is 5.55. The number of anilines is 1. The molecule has 2 aromatic rings. The monoisotopic (exact) mass is 249 g/mol. The van der Waals surface area contributed by atoms with E-state index in [2.05, 4.69) is 20.6 Å². The molecule has 1 aliphatic rings. The molecule has 0 spiro atoms. The Kier molecular flexibility index (Phi) is 2.57. The van der Waals surface area contributed by atoms with Crippen molar-refractivity contribution in [2.24, 2.45) is 4.99 Å². The summed E-state index contributed by atoms with van der Waals surface area (Å²) in [7, 11) is 3.42. The molecule has 18 heavy (non-hydrogen) atoms. The average Bonchev–Trinajstić information content (AvgIpc) is 2.69. The Balaban J connectivity index is 2.07. The molecule has 3 nitrogen and oxygen atoms in total. The standard InChI is InChI=1S/C14H9N2OSi/c17-14-13(11-3-1-2-4-12(11)16-14)15-9-5-7-10(18)8-6-9/h1-8H,(H,15,16,17). The van der Waals surface area contributed by atoms with Gasteiger partial charge in [-0.2, -0.15) is 0 Å². The van der Waals surface area contributed by atoms with Crippen LogP contribution in [0.1, 0.15) is 5.56 Å². The summed E-state index contributed by atoms with van der Waals surface area (Å²) in [5.41, 5.74) is 2.90. The molecular weight excluding hydrogens is 240 g/mol. The molecule has 0 atom stereocenters. The second-order valence-electron chi connectivity index (χ2n) is 4.01. The van der Waals surface area contributed by atoms with Crippen molar-refractivity contribution in [1.29, 1.82) is 0 Å². The third-order valence-electron chi connectivity index (χ3n) is 2.75. The highest BCUT2D eigenvalue weighted by molar-refractivity contribution is 6.54. The van der Waals surface area contributed by atoms with Crippen LogP contribution in [0.4, 0.5) is 11.4 Å². The van der Waals surface area contributed by atoms with Crippen molar-refractivity contribution >= 4 is 38.4 Å². The Bertz CT molecular complexity index is 647. The van der Waals surface area contributed by atoms with Crippen LogP contribution in [0, 0.1) is 0 Å². The number of para-hydroxylation sites is 1. The molecule has 85 valence electrons. The van der Waals surface area contributed by atoms with Gasteiger partial charge >= 0.3 is 0 Å². The summed E-state index contributed by atoms with van der Waals surface area (Å²) in [5, 5.41) is 3.78. The van der Waals surface area contributed by atoms with Gasteiger partial charge in [0.05, 0.1) is 21.6 Å². The van der Waals surface area contributed by atoms with Crippen LogP contribution < -0.4 is 10.5 Å². The Morgan fingerprint density at radius 1 is 1.00 bits per heavy atom. The molecule has 2 aromatic carbocycles. The number of nitrogens with one attached hydrogen (secondary N) is 1. The predicted molar refractivity (Wildman–Crippen MR) is 73.1 cm³/mol. The second kappa shape index (κ2) is 4.23. The van der Waals surface area contributed by atoms with Crippen LogP contribution in [0.3, 0.4) is 0 Å². The van der Waals surface area contributed by atoms with Crippen molar-refractivity contribution in [1.82, 2.24) is 0 Å². The molecule has 0 aliphatic carbocycles. The van der Waals surface area contributed by atoms with E-state index in [9.17, 15) is 4.79 Å². The van der Waals surface area contributed by atoms with Gasteiger partial charge in [0.15, 0.2) is 0 Å². The molecule has 1 N–H and O–H groups in total. The van der Waals surface area contributed by atoms with Crippen LogP contribution >= 0.6 is 0 Å². The zero-order valence-electron chi connectivity index (χ0n) is 9.47. The molecule has 1 amide bonds. The molecule has 0 saturated carbocycles. The summed E-state index contributed by atoms with van der Waals surface area (Å²) in [6, 6.07) is 15.1. The number of hydrogen-bond donors (Lipinski definition) is 1. The molecule has 0 aromatic heterocycles. The Morgan fingerprint density at radius 3 is 2.50 bits per heavy atom. The number of carbonyl (C=O) groups excluding carboxylic acids is 1. The minimum atomic E-state index is -0.154. The van der Waals surface area contributed by atoms with Gasteiger partial charge in [-0.15, -0.1) is 0 Å². The van der Waals surface area contributed by atoms with E-state index in [0.717, 1.165) is 22.1 Å². The molecule has 3 radical (unpaired) electrons. The van der Waals surface area contributed by atoms with E-state index in [1.54, 1.807) is 0 Å². The lowest BCUT2D eigenvalue weighted by Crippen LogP contribution is -2.13. The molecule has 3 rings (SSSR count). The second-order valence-corrected chi connectivity index (χ2v) is 4.58. The fourth-order valence-electron chi connectivity index (χ4n) is 1.88. The maximum absolute atomic E-state index is 11.9. The molecule has 1 heterocycles. The minimum Gasteiger partial charge on any atom is -0.320 e. The van der Waals surface area contributed by atoms with Crippen LogP contribution in [0.15, 0.2) is 53.5 Å². The van der Waals surface area contributed by atoms with Gasteiger partial charge in [-0.3, -0.25) is 4.79 Å². The van der Waals surface area contributed by atoms with Gasteiger partial charge in [0, 0.05) is 5.56 Å². The first-order valence-corrected chi connectivity index (χ1v) is 6.05. The van der Waals surface area contributed by atoms with Crippen molar-refractivity contribution in [3.63, 3.8) is 0 Å². The normalized spacial score (nSPS) is 15.6. The molecular formula is C14H9N2OSi. The van der Waals surface area contributed by atoms with Crippen molar-refractivity contribution in [3.8, 4) is 0 Å². The van der Waals surface area contributed by atoms with E-state index in [4.69, 9.17) is 0 Å². The van der Waals surface area contributed by atoms with Crippen molar-refractivity contribution in [2.75, 3.05) is 5.32 Å². The first-order chi connectivity index (χ1) is 8.74. The molecule has 0 unspecified atom stereocenters. The molecule has 0 saturated heterocycles. The van der Waals surface area contributed by atoms with Crippen LogP contribution in [-0.2, 0) is 4.79 Å². The summed E-state index contributed by atoms with van der Waals surface area (Å²) in [4.78, 5) is 16.3. The van der Waals surface area contributed by atoms with Gasteiger partial charge in [0.2, 0.25) is 0 Å². The van der Waals surface area contributed by atoms with Crippen molar-refractivity contribution < 1.29 is 4.79 Å². The summed E-state index contributed by atoms with van der Waals surface area (Å²) in [5.74, 6) is -0.154. The first kappa shape index (κ1) is 10.9. The number of rotatable bonds is 1. The van der Waals surface area contributed by atoms with Crippen molar-refractivity contribution in [3.05, 3.63) is 54.1 Å². The predicted octanol–water partition coefficient (Wildman–Crippen LogP) is 1.55. The van der Waals surface area contributed by atoms with Crippen LogP contribution in [-0.4, -0.2) is 21.9 Å². The lowest BCUT2D eigenvalue weighted by atomic mass is 10.1. The quantitative estimate of drug-likeness (QED) is 0.766. The van der Waals surface area contributed by atoms with Gasteiger partial charge in [0.1, 0.15) is 5.71 Å². The molecule has 0 fully saturated rings. The number of hydrogen-bond acceptors (Lipinski definition) is 2. The topological polar surface area (TPSA) is 41.5 Å². The average molecular weight is 249 g/mol. The van der Waals surface area contributed by atoms with Crippen molar-refractivity contribution in [2.45, 2.75) is 0 Å². The van der Waals surface area contributed by atoms with E-state index < -0.39 is 0 Å². The van der Waals surface area contributed by atoms with Gasteiger partial charge in [-0.05, 0) is 18.2 Å². The van der Waals surface area contributed by atoms with Gasteiger partial charge in [-0.25, -0.2) is 4.99 Å². The van der Waals surface area contributed by atoms with Crippen LogP contribution in [0.25, 0.3) is 0 Å². The Hall–Kier alpha value is -2.20. The van der Waals surface area contributed by atoms with E-state index in [0.29, 0.717) is 5.71 Å². The van der Waals surface area contributed by atoms with Gasteiger partial charge in [-0.1, -0.05) is 35.5 Å². The number of benzene rings is 2. The third-order valence-corrected chi connectivity index (χ3v) is 3.09. The smallest absolute Gasteiger partial charge is 0.275 e. The van der Waals surface area contributed by atoms with Crippen LogP contribution in [0.2, 0.25) is 0 Å². The largest absolute Gasteiger partial charge is 0.320 e. The summed E-state index contributed by atoms with van der Waals surface area (Å²) in [6.45, 7) is 0. The number of nitrogens with zero attached hydrogens (tertiary/aromatic N) is 1. The fourth-order valence-corrected chi connectivity index (χ4v) is 2.05. The number of amides is 1. The minimum absolute atomic E-state index is 0.154. The summed E-state index contributed by atoms with van der Waals surface area (Å²) < 4.78 is 0. The SMILES string of the molecule is O=C1Nc2ccccc2C1=Nc1ccc([Si])cc1. The Morgan fingerprint density at radius 2 is 1.72 bits per heavy atom. The number of carbonyl (C=O) groups is 1. The highest BCUT2D eigenvalue weighted by Crippen LogP contribution is 2.24. The lowest BCUT2D eigenvalue weighted by molar-refractivity contribution is -0.110. The van der Waals surface area contributed by atoms with Gasteiger partial charge in [0.25, 0.3) is 5.91 Å². The maximum Gasteiger partial charge on any atom is 0.275 e. The number of fused-ring (bicyclic) bond motifs is 1. The zero-order chi connectivity index (χ0) is 12.5. The summed E-state index contributed by atoms with van der Waals surface area (Å²) in [6.07, 6.45) is 0. The molecule has 0 bridgehead atoms. The van der Waals surface area contributed by atoms with Gasteiger partial charge < -0.3 is 5.32 Å².